The molecule has 0 saturated carbocycles. The van der Waals surface area contributed by atoms with Crippen molar-refractivity contribution in [2.75, 3.05) is 5.75 Å². The molecule has 1 N–H and O–H groups in total. The van der Waals surface area contributed by atoms with Crippen molar-refractivity contribution in [3.63, 3.8) is 0 Å². The van der Waals surface area contributed by atoms with E-state index in [1.807, 2.05) is 27.7 Å². The molecule has 0 amide bonds. The highest BCUT2D eigenvalue weighted by atomic mass is 32.2. The third-order valence-corrected chi connectivity index (χ3v) is 4.34. The van der Waals surface area contributed by atoms with Crippen LogP contribution in [0.25, 0.3) is 0 Å². The van der Waals surface area contributed by atoms with Crippen LogP contribution in [0, 0.1) is 0 Å². The summed E-state index contributed by atoms with van der Waals surface area (Å²) >= 11 is 2.73. The van der Waals surface area contributed by atoms with Crippen molar-refractivity contribution in [2.24, 2.45) is 0 Å². The van der Waals surface area contributed by atoms with E-state index in [0.717, 1.165) is 17.1 Å². The molecule has 7 heteroatoms. The first-order valence-electron chi connectivity index (χ1n) is 6.02. The van der Waals surface area contributed by atoms with Crippen molar-refractivity contribution < 1.29 is 13.2 Å². The Morgan fingerprint density at radius 2 is 1.89 bits per heavy atom. The van der Waals surface area contributed by atoms with E-state index in [9.17, 15) is 13.2 Å². The van der Waals surface area contributed by atoms with Gasteiger partial charge in [-0.25, -0.2) is 4.98 Å². The minimum Gasteiger partial charge on any atom is -0.307 e. The largest absolute Gasteiger partial charge is 0.434 e. The van der Waals surface area contributed by atoms with Crippen LogP contribution in [0.1, 0.15) is 43.3 Å². The van der Waals surface area contributed by atoms with Crippen LogP contribution < -0.4 is 5.32 Å². The lowest BCUT2D eigenvalue weighted by atomic mass is 10.1. The first kappa shape index (κ1) is 16.8. The van der Waals surface area contributed by atoms with E-state index in [4.69, 9.17) is 0 Å². The maximum absolute atomic E-state index is 12.9. The topological polar surface area (TPSA) is 24.9 Å². The van der Waals surface area contributed by atoms with Gasteiger partial charge in [0.25, 0.3) is 0 Å². The van der Waals surface area contributed by atoms with E-state index < -0.39 is 11.9 Å². The normalized spacial score (nSPS) is 13.0. The number of aromatic nitrogens is 1. The number of halogens is 3. The van der Waals surface area contributed by atoms with Gasteiger partial charge in [0.05, 0.1) is 4.88 Å². The number of thiazole rings is 1. The Bertz CT molecular complexity index is 408. The van der Waals surface area contributed by atoms with Crippen molar-refractivity contribution in [3.8, 4) is 0 Å². The van der Waals surface area contributed by atoms with Gasteiger partial charge in [-0.3, -0.25) is 0 Å². The van der Waals surface area contributed by atoms with E-state index in [1.165, 1.54) is 0 Å². The van der Waals surface area contributed by atoms with Crippen molar-refractivity contribution in [1.82, 2.24) is 10.3 Å². The highest BCUT2D eigenvalue weighted by Gasteiger charge is 2.37. The molecule has 0 unspecified atom stereocenters. The van der Waals surface area contributed by atoms with Crippen molar-refractivity contribution >= 4 is 23.1 Å². The molecule has 2 nitrogen and oxygen atoms in total. The maximum Gasteiger partial charge on any atom is 0.434 e. The summed E-state index contributed by atoms with van der Waals surface area (Å²) in [5, 5.41) is 3.63. The molecule has 1 aromatic heterocycles. The second-order valence-corrected chi connectivity index (χ2v) is 7.56. The van der Waals surface area contributed by atoms with E-state index >= 15 is 0 Å². The molecule has 110 valence electrons. The lowest BCUT2D eigenvalue weighted by Crippen LogP contribution is -2.35. The average molecular weight is 312 g/mol. The van der Waals surface area contributed by atoms with Gasteiger partial charge in [-0.05, 0) is 26.5 Å². The Labute approximate surface area is 120 Å². The summed E-state index contributed by atoms with van der Waals surface area (Å²) in [6.07, 6.45) is -4.37. The molecule has 0 aliphatic heterocycles. The van der Waals surface area contributed by atoms with Crippen LogP contribution >= 0.6 is 23.1 Å². The molecule has 1 aromatic rings. The predicted octanol–water partition coefficient (Wildman–Crippen LogP) is 4.30. The molecule has 0 radical (unpaired) electrons. The summed E-state index contributed by atoms with van der Waals surface area (Å²) in [7, 11) is 0. The third-order valence-electron chi connectivity index (χ3n) is 2.22. The lowest BCUT2D eigenvalue weighted by Gasteiger charge is -2.20. The van der Waals surface area contributed by atoms with Gasteiger partial charge in [0.2, 0.25) is 0 Å². The SMILES string of the molecule is CCSCc1nc(C(F)(F)F)c(CNC(C)(C)C)s1. The van der Waals surface area contributed by atoms with E-state index in [-0.39, 0.29) is 17.0 Å². The molecule has 0 fully saturated rings. The van der Waals surface area contributed by atoms with Crippen molar-refractivity contribution in [2.45, 2.75) is 51.7 Å². The number of rotatable bonds is 5. The van der Waals surface area contributed by atoms with Gasteiger partial charge in [-0.15, -0.1) is 11.3 Å². The van der Waals surface area contributed by atoms with Gasteiger partial charge in [0.1, 0.15) is 5.01 Å². The quantitative estimate of drug-likeness (QED) is 0.877. The summed E-state index contributed by atoms with van der Waals surface area (Å²) in [4.78, 5) is 4.02. The molecule has 1 rings (SSSR count). The summed E-state index contributed by atoms with van der Waals surface area (Å²) in [5.41, 5.74) is -0.952. The van der Waals surface area contributed by atoms with E-state index in [2.05, 4.69) is 10.3 Å². The van der Waals surface area contributed by atoms with Gasteiger partial charge in [-0.1, -0.05) is 6.92 Å². The molecule has 0 aromatic carbocycles. The second kappa shape index (κ2) is 6.45. The van der Waals surface area contributed by atoms with Crippen LogP contribution in [0.5, 0.6) is 0 Å². The molecule has 0 atom stereocenters. The number of nitrogens with zero attached hydrogens (tertiary/aromatic N) is 1. The summed E-state index contributed by atoms with van der Waals surface area (Å²) in [6.45, 7) is 7.96. The fourth-order valence-corrected chi connectivity index (χ4v) is 3.09. The molecule has 0 aliphatic carbocycles. The van der Waals surface area contributed by atoms with Crippen LogP contribution in [-0.2, 0) is 18.5 Å². The number of thioether (sulfide) groups is 1. The molecular formula is C12H19F3N2S2. The number of nitrogens with one attached hydrogen (secondary N) is 1. The Morgan fingerprint density at radius 1 is 1.26 bits per heavy atom. The zero-order valence-corrected chi connectivity index (χ0v) is 13.2. The van der Waals surface area contributed by atoms with Crippen molar-refractivity contribution in [1.29, 1.82) is 0 Å². The Morgan fingerprint density at radius 3 is 2.37 bits per heavy atom. The van der Waals surface area contributed by atoms with Crippen molar-refractivity contribution in [3.05, 3.63) is 15.6 Å². The summed E-state index contributed by atoms with van der Waals surface area (Å²) < 4.78 is 38.7. The molecule has 0 saturated heterocycles. The summed E-state index contributed by atoms with van der Waals surface area (Å²) in [5.74, 6) is 1.41. The highest BCUT2D eigenvalue weighted by Crippen LogP contribution is 2.35. The van der Waals surface area contributed by atoms with Gasteiger partial charge in [0, 0.05) is 17.8 Å². The van der Waals surface area contributed by atoms with Gasteiger partial charge in [-0.2, -0.15) is 24.9 Å². The Balaban J connectivity index is 2.90. The molecule has 0 bridgehead atoms. The predicted molar refractivity (Wildman–Crippen MR) is 75.5 cm³/mol. The molecular weight excluding hydrogens is 293 g/mol. The minimum atomic E-state index is -4.37. The Hall–Kier alpha value is -0.270. The second-order valence-electron chi connectivity index (χ2n) is 5.12. The minimum absolute atomic E-state index is 0.201. The van der Waals surface area contributed by atoms with Crippen LogP contribution in [-0.4, -0.2) is 16.3 Å². The fourth-order valence-electron chi connectivity index (χ4n) is 1.34. The van der Waals surface area contributed by atoms with Gasteiger partial charge >= 0.3 is 6.18 Å². The van der Waals surface area contributed by atoms with E-state index in [0.29, 0.717) is 10.8 Å². The lowest BCUT2D eigenvalue weighted by molar-refractivity contribution is -0.141. The number of hydrogen-bond donors (Lipinski definition) is 1. The zero-order valence-electron chi connectivity index (χ0n) is 11.5. The van der Waals surface area contributed by atoms with Crippen LogP contribution in [0.4, 0.5) is 13.2 Å². The average Bonchev–Trinajstić information content (AvgIpc) is 2.65. The molecule has 0 aliphatic rings. The first-order valence-corrected chi connectivity index (χ1v) is 7.99. The third kappa shape index (κ3) is 5.71. The highest BCUT2D eigenvalue weighted by molar-refractivity contribution is 7.98. The maximum atomic E-state index is 12.9. The van der Waals surface area contributed by atoms with Crippen LogP contribution in [0.3, 0.4) is 0 Å². The summed E-state index contributed by atoms with van der Waals surface area (Å²) in [6, 6.07) is 0. The van der Waals surface area contributed by atoms with Crippen LogP contribution in [0.2, 0.25) is 0 Å². The van der Waals surface area contributed by atoms with Crippen LogP contribution in [0.15, 0.2) is 0 Å². The van der Waals surface area contributed by atoms with Gasteiger partial charge < -0.3 is 5.32 Å². The van der Waals surface area contributed by atoms with E-state index in [1.54, 1.807) is 11.8 Å². The smallest absolute Gasteiger partial charge is 0.307 e. The standard InChI is InChI=1S/C12H19F3N2S2/c1-5-18-7-9-17-10(12(13,14)15)8(19-9)6-16-11(2,3)4/h16H,5-7H2,1-4H3. The van der Waals surface area contributed by atoms with Gasteiger partial charge in [0.15, 0.2) is 5.69 Å². The Kier molecular flexibility index (Phi) is 5.70. The first-order chi connectivity index (χ1) is 8.63. The molecule has 19 heavy (non-hydrogen) atoms. The monoisotopic (exact) mass is 312 g/mol. The molecule has 1 heterocycles. The number of alkyl halides is 3. The number of hydrogen-bond acceptors (Lipinski definition) is 4. The zero-order chi connectivity index (χ0) is 14.7. The fraction of sp³-hybridized carbons (Fsp3) is 0.750. The molecule has 0 spiro atoms.